The SMILES string of the molecule is Cc1cc(Sc2cccc(F)c2CNC2CC2)n(C)n1. The van der Waals surface area contributed by atoms with Crippen LogP contribution in [0.2, 0.25) is 0 Å². The zero-order valence-corrected chi connectivity index (χ0v) is 12.5. The number of nitrogens with one attached hydrogen (secondary N) is 1. The van der Waals surface area contributed by atoms with Gasteiger partial charge in [-0.15, -0.1) is 0 Å². The molecule has 0 saturated heterocycles. The highest BCUT2D eigenvalue weighted by Crippen LogP contribution is 2.32. The minimum absolute atomic E-state index is 0.137. The van der Waals surface area contributed by atoms with Crippen LogP contribution < -0.4 is 5.32 Å². The van der Waals surface area contributed by atoms with Gasteiger partial charge in [0, 0.05) is 30.1 Å². The number of hydrogen-bond acceptors (Lipinski definition) is 3. The number of rotatable bonds is 5. The molecule has 5 heteroatoms. The highest BCUT2D eigenvalue weighted by atomic mass is 32.2. The fourth-order valence-corrected chi connectivity index (χ4v) is 3.20. The second-order valence-electron chi connectivity index (χ2n) is 5.22. The molecule has 1 saturated carbocycles. The topological polar surface area (TPSA) is 29.9 Å². The molecule has 20 heavy (non-hydrogen) atoms. The Bertz CT molecular complexity index is 620. The number of aryl methyl sites for hydroxylation is 2. The van der Waals surface area contributed by atoms with Crippen molar-refractivity contribution in [3.63, 3.8) is 0 Å². The molecular weight excluding hydrogens is 273 g/mol. The lowest BCUT2D eigenvalue weighted by Crippen LogP contribution is -2.17. The molecule has 0 radical (unpaired) electrons. The van der Waals surface area contributed by atoms with E-state index in [4.69, 9.17) is 0 Å². The quantitative estimate of drug-likeness (QED) is 0.917. The van der Waals surface area contributed by atoms with E-state index in [9.17, 15) is 4.39 Å². The summed E-state index contributed by atoms with van der Waals surface area (Å²) in [4.78, 5) is 0.959. The van der Waals surface area contributed by atoms with Gasteiger partial charge in [0.1, 0.15) is 5.82 Å². The fraction of sp³-hybridized carbons (Fsp3) is 0.400. The maximum atomic E-state index is 14.1. The van der Waals surface area contributed by atoms with Crippen molar-refractivity contribution in [3.05, 3.63) is 41.3 Å². The van der Waals surface area contributed by atoms with Gasteiger partial charge in [-0.1, -0.05) is 17.8 Å². The van der Waals surface area contributed by atoms with E-state index in [-0.39, 0.29) is 5.82 Å². The van der Waals surface area contributed by atoms with Gasteiger partial charge in [-0.2, -0.15) is 5.10 Å². The zero-order valence-electron chi connectivity index (χ0n) is 11.7. The van der Waals surface area contributed by atoms with Crippen LogP contribution in [-0.2, 0) is 13.6 Å². The van der Waals surface area contributed by atoms with Crippen LogP contribution in [0.25, 0.3) is 0 Å². The summed E-state index contributed by atoms with van der Waals surface area (Å²) < 4.78 is 15.9. The van der Waals surface area contributed by atoms with Crippen LogP contribution in [0.4, 0.5) is 4.39 Å². The average molecular weight is 291 g/mol. The molecule has 1 aromatic carbocycles. The van der Waals surface area contributed by atoms with Crippen molar-refractivity contribution in [2.75, 3.05) is 0 Å². The smallest absolute Gasteiger partial charge is 0.128 e. The van der Waals surface area contributed by atoms with E-state index >= 15 is 0 Å². The van der Waals surface area contributed by atoms with Crippen molar-refractivity contribution < 1.29 is 4.39 Å². The van der Waals surface area contributed by atoms with Crippen molar-refractivity contribution >= 4 is 11.8 Å². The van der Waals surface area contributed by atoms with Crippen LogP contribution in [0.1, 0.15) is 24.1 Å². The first-order valence-electron chi connectivity index (χ1n) is 6.83. The Kier molecular flexibility index (Phi) is 3.81. The molecular formula is C15H18FN3S. The lowest BCUT2D eigenvalue weighted by molar-refractivity contribution is 0.579. The Balaban J connectivity index is 1.83. The van der Waals surface area contributed by atoms with Crippen molar-refractivity contribution in [3.8, 4) is 0 Å². The molecule has 0 spiro atoms. The van der Waals surface area contributed by atoms with Crippen molar-refractivity contribution in [1.29, 1.82) is 0 Å². The van der Waals surface area contributed by atoms with E-state index in [1.165, 1.54) is 18.9 Å². The average Bonchev–Trinajstić information content (AvgIpc) is 3.16. The van der Waals surface area contributed by atoms with Crippen LogP contribution in [-0.4, -0.2) is 15.8 Å². The maximum absolute atomic E-state index is 14.1. The molecule has 1 heterocycles. The summed E-state index contributed by atoms with van der Waals surface area (Å²) in [5.74, 6) is -0.137. The Morgan fingerprint density at radius 3 is 2.90 bits per heavy atom. The fourth-order valence-electron chi connectivity index (χ4n) is 2.13. The Morgan fingerprint density at radius 1 is 1.45 bits per heavy atom. The van der Waals surface area contributed by atoms with Crippen LogP contribution in [0.5, 0.6) is 0 Å². The minimum Gasteiger partial charge on any atom is -0.310 e. The van der Waals surface area contributed by atoms with Crippen LogP contribution in [0.15, 0.2) is 34.2 Å². The molecule has 0 amide bonds. The number of halogens is 1. The summed E-state index contributed by atoms with van der Waals surface area (Å²) in [6, 6.07) is 7.86. The molecule has 1 aliphatic rings. The van der Waals surface area contributed by atoms with Gasteiger partial charge in [0.15, 0.2) is 0 Å². The molecule has 1 aliphatic carbocycles. The number of aromatic nitrogens is 2. The zero-order chi connectivity index (χ0) is 14.1. The van der Waals surface area contributed by atoms with Crippen LogP contribution >= 0.6 is 11.8 Å². The molecule has 0 atom stereocenters. The summed E-state index contributed by atoms with van der Waals surface area (Å²) in [6.45, 7) is 2.56. The molecule has 1 N–H and O–H groups in total. The van der Waals surface area contributed by atoms with Crippen molar-refractivity contribution in [2.45, 2.75) is 42.3 Å². The Morgan fingerprint density at radius 2 is 2.25 bits per heavy atom. The third-order valence-corrected chi connectivity index (χ3v) is 4.59. The van der Waals surface area contributed by atoms with Gasteiger partial charge < -0.3 is 5.32 Å². The first kappa shape index (κ1) is 13.6. The Hall–Kier alpha value is -1.33. The lowest BCUT2D eigenvalue weighted by atomic mass is 10.2. The van der Waals surface area contributed by atoms with E-state index in [0.29, 0.717) is 12.6 Å². The third-order valence-electron chi connectivity index (χ3n) is 3.39. The van der Waals surface area contributed by atoms with E-state index in [1.807, 2.05) is 30.8 Å². The predicted octanol–water partition coefficient (Wildman–Crippen LogP) is 3.27. The largest absolute Gasteiger partial charge is 0.310 e. The van der Waals surface area contributed by atoms with E-state index in [0.717, 1.165) is 21.2 Å². The standard InChI is InChI=1S/C15H18FN3S/c1-10-8-15(19(2)18-10)20-14-5-3-4-13(16)12(14)9-17-11-6-7-11/h3-5,8,11,17H,6-7,9H2,1-2H3. The molecule has 0 unspecified atom stereocenters. The predicted molar refractivity (Wildman–Crippen MR) is 78.3 cm³/mol. The van der Waals surface area contributed by atoms with Gasteiger partial charge in [0.2, 0.25) is 0 Å². The van der Waals surface area contributed by atoms with E-state index in [1.54, 1.807) is 17.8 Å². The van der Waals surface area contributed by atoms with Gasteiger partial charge in [0.05, 0.1) is 10.7 Å². The Labute approximate surface area is 122 Å². The molecule has 3 nitrogen and oxygen atoms in total. The summed E-state index contributed by atoms with van der Waals surface area (Å²) in [5, 5.41) is 8.74. The summed E-state index contributed by atoms with van der Waals surface area (Å²) in [5.41, 5.74) is 1.73. The van der Waals surface area contributed by atoms with Crippen molar-refractivity contribution in [2.24, 2.45) is 7.05 Å². The maximum Gasteiger partial charge on any atom is 0.128 e. The highest BCUT2D eigenvalue weighted by Gasteiger charge is 2.21. The van der Waals surface area contributed by atoms with E-state index < -0.39 is 0 Å². The monoisotopic (exact) mass is 291 g/mol. The van der Waals surface area contributed by atoms with Gasteiger partial charge >= 0.3 is 0 Å². The summed E-state index contributed by atoms with van der Waals surface area (Å²) >= 11 is 1.57. The summed E-state index contributed by atoms with van der Waals surface area (Å²) in [6.07, 6.45) is 2.41. The van der Waals surface area contributed by atoms with Crippen LogP contribution in [0.3, 0.4) is 0 Å². The lowest BCUT2D eigenvalue weighted by Gasteiger charge is -2.11. The first-order valence-corrected chi connectivity index (χ1v) is 7.64. The van der Waals surface area contributed by atoms with Gasteiger partial charge in [0.25, 0.3) is 0 Å². The third kappa shape index (κ3) is 3.04. The molecule has 0 bridgehead atoms. The van der Waals surface area contributed by atoms with Crippen LogP contribution in [0, 0.1) is 12.7 Å². The summed E-state index contributed by atoms with van der Waals surface area (Å²) in [7, 11) is 1.91. The second-order valence-corrected chi connectivity index (χ2v) is 6.28. The normalized spacial score (nSPS) is 14.8. The second kappa shape index (κ2) is 5.58. The number of benzene rings is 1. The minimum atomic E-state index is -0.137. The number of hydrogen-bond donors (Lipinski definition) is 1. The first-order chi connectivity index (χ1) is 9.63. The molecule has 106 valence electrons. The molecule has 1 aromatic heterocycles. The molecule has 1 fully saturated rings. The van der Waals surface area contributed by atoms with Gasteiger partial charge in [-0.3, -0.25) is 4.68 Å². The van der Waals surface area contributed by atoms with E-state index in [2.05, 4.69) is 10.4 Å². The molecule has 0 aliphatic heterocycles. The van der Waals surface area contributed by atoms with Crippen molar-refractivity contribution in [1.82, 2.24) is 15.1 Å². The van der Waals surface area contributed by atoms with Gasteiger partial charge in [-0.25, -0.2) is 4.39 Å². The molecule has 3 rings (SSSR count). The molecule has 2 aromatic rings. The highest BCUT2D eigenvalue weighted by molar-refractivity contribution is 7.99. The number of nitrogens with zero attached hydrogens (tertiary/aromatic N) is 2. The van der Waals surface area contributed by atoms with Gasteiger partial charge in [-0.05, 0) is 38.0 Å².